The van der Waals surface area contributed by atoms with Gasteiger partial charge in [-0.15, -0.1) is 0 Å². The van der Waals surface area contributed by atoms with E-state index in [0.717, 1.165) is 15.7 Å². The highest BCUT2D eigenvalue weighted by Crippen LogP contribution is 2.21. The second-order valence-corrected chi connectivity index (χ2v) is 5.09. The van der Waals surface area contributed by atoms with Gasteiger partial charge in [0.05, 0.1) is 11.6 Å². The first-order valence-corrected chi connectivity index (χ1v) is 6.58. The molecule has 0 amide bonds. The lowest BCUT2D eigenvalue weighted by Gasteiger charge is -2.09. The molecule has 2 nitrogen and oxygen atoms in total. The number of hydrogen-bond acceptors (Lipinski definition) is 2. The summed E-state index contributed by atoms with van der Waals surface area (Å²) in [7, 11) is 0. The lowest BCUT2D eigenvalue weighted by molar-refractivity contribution is 0.625. The maximum absolute atomic E-state index is 13.2. The largest absolute Gasteiger partial charge is 0.381 e. The Hall–Kier alpha value is -1.86. The molecule has 2 aromatic carbocycles. The van der Waals surface area contributed by atoms with Gasteiger partial charge in [0, 0.05) is 16.7 Å². The number of rotatable bonds is 3. The first-order chi connectivity index (χ1) is 9.10. The molecule has 4 heteroatoms. The van der Waals surface area contributed by atoms with Gasteiger partial charge in [0.15, 0.2) is 0 Å². The van der Waals surface area contributed by atoms with E-state index in [1.165, 1.54) is 18.2 Å². The van der Waals surface area contributed by atoms with Crippen LogP contribution in [0.25, 0.3) is 0 Å². The van der Waals surface area contributed by atoms with Crippen molar-refractivity contribution in [1.29, 1.82) is 5.26 Å². The zero-order valence-electron chi connectivity index (χ0n) is 10.4. The standard InChI is InChI=1S/C15H12BrFN2/c1-10-2-5-14(7-15(10)16)19-9-12-6-13(17)4-3-11(12)8-18/h2-7,19H,9H2,1H3. The Morgan fingerprint density at radius 3 is 2.74 bits per heavy atom. The van der Waals surface area contributed by atoms with Crippen molar-refractivity contribution in [3.05, 3.63) is 63.4 Å². The molecule has 0 aliphatic carbocycles. The number of hydrogen-bond donors (Lipinski definition) is 1. The molecule has 2 rings (SSSR count). The average molecular weight is 319 g/mol. The Morgan fingerprint density at radius 2 is 2.05 bits per heavy atom. The van der Waals surface area contributed by atoms with Gasteiger partial charge < -0.3 is 5.32 Å². The molecule has 0 bridgehead atoms. The smallest absolute Gasteiger partial charge is 0.123 e. The molecule has 0 saturated heterocycles. The Morgan fingerprint density at radius 1 is 1.26 bits per heavy atom. The summed E-state index contributed by atoms with van der Waals surface area (Å²) in [6.07, 6.45) is 0. The Labute approximate surface area is 120 Å². The van der Waals surface area contributed by atoms with E-state index in [2.05, 4.69) is 27.3 Å². The normalized spacial score (nSPS) is 10.0. The number of benzene rings is 2. The fourth-order valence-corrected chi connectivity index (χ4v) is 2.10. The third-order valence-corrected chi connectivity index (χ3v) is 3.70. The van der Waals surface area contributed by atoms with Gasteiger partial charge in [-0.1, -0.05) is 22.0 Å². The van der Waals surface area contributed by atoms with Gasteiger partial charge in [0.1, 0.15) is 5.82 Å². The van der Waals surface area contributed by atoms with E-state index < -0.39 is 0 Å². The average Bonchev–Trinajstić information content (AvgIpc) is 2.40. The minimum Gasteiger partial charge on any atom is -0.381 e. The molecule has 0 spiro atoms. The van der Waals surface area contributed by atoms with Gasteiger partial charge in [-0.25, -0.2) is 4.39 Å². The molecule has 0 saturated carbocycles. The van der Waals surface area contributed by atoms with Crippen LogP contribution in [-0.4, -0.2) is 0 Å². The van der Waals surface area contributed by atoms with E-state index >= 15 is 0 Å². The van der Waals surface area contributed by atoms with Gasteiger partial charge in [-0.3, -0.25) is 0 Å². The van der Waals surface area contributed by atoms with Gasteiger partial charge in [-0.05, 0) is 48.4 Å². The molecule has 0 aromatic heterocycles. The number of nitriles is 1. The van der Waals surface area contributed by atoms with Crippen molar-refractivity contribution in [2.24, 2.45) is 0 Å². The van der Waals surface area contributed by atoms with Gasteiger partial charge in [0.2, 0.25) is 0 Å². The number of nitrogens with zero attached hydrogens (tertiary/aromatic N) is 1. The van der Waals surface area contributed by atoms with E-state index in [0.29, 0.717) is 17.7 Å². The van der Waals surface area contributed by atoms with Crippen LogP contribution in [0.3, 0.4) is 0 Å². The molecular formula is C15H12BrFN2. The molecule has 0 heterocycles. The van der Waals surface area contributed by atoms with Crippen LogP contribution < -0.4 is 5.32 Å². The summed E-state index contributed by atoms with van der Waals surface area (Å²) in [5, 5.41) is 12.2. The van der Waals surface area contributed by atoms with Crippen LogP contribution in [0.5, 0.6) is 0 Å². The molecule has 0 fully saturated rings. The first-order valence-electron chi connectivity index (χ1n) is 5.78. The van der Waals surface area contributed by atoms with Crippen molar-refractivity contribution in [1.82, 2.24) is 0 Å². The molecule has 2 aromatic rings. The minimum absolute atomic E-state index is 0.333. The highest BCUT2D eigenvalue weighted by molar-refractivity contribution is 9.10. The van der Waals surface area contributed by atoms with Crippen LogP contribution in [0.1, 0.15) is 16.7 Å². The Balaban J connectivity index is 2.16. The monoisotopic (exact) mass is 318 g/mol. The van der Waals surface area contributed by atoms with E-state index in [9.17, 15) is 4.39 Å². The SMILES string of the molecule is Cc1ccc(NCc2cc(F)ccc2C#N)cc1Br. The number of nitrogens with one attached hydrogen (secondary N) is 1. The van der Waals surface area contributed by atoms with E-state index in [1.54, 1.807) is 0 Å². The topological polar surface area (TPSA) is 35.8 Å². The summed E-state index contributed by atoms with van der Waals surface area (Å²) in [4.78, 5) is 0. The quantitative estimate of drug-likeness (QED) is 0.911. The number of halogens is 2. The lowest BCUT2D eigenvalue weighted by atomic mass is 10.1. The minimum atomic E-state index is -0.333. The van der Waals surface area contributed by atoms with Gasteiger partial charge in [-0.2, -0.15) is 5.26 Å². The third kappa shape index (κ3) is 3.33. The molecule has 0 radical (unpaired) electrons. The second kappa shape index (κ2) is 5.85. The summed E-state index contributed by atoms with van der Waals surface area (Å²) in [6.45, 7) is 2.42. The maximum Gasteiger partial charge on any atom is 0.123 e. The second-order valence-electron chi connectivity index (χ2n) is 4.23. The zero-order chi connectivity index (χ0) is 13.8. The van der Waals surface area contributed by atoms with Crippen LogP contribution in [-0.2, 0) is 6.54 Å². The van der Waals surface area contributed by atoms with E-state index in [1.807, 2.05) is 25.1 Å². The Bertz CT molecular complexity index is 647. The van der Waals surface area contributed by atoms with E-state index in [-0.39, 0.29) is 5.82 Å². The number of aryl methyl sites for hydroxylation is 1. The predicted octanol–water partition coefficient (Wildman–Crippen LogP) is 4.38. The molecule has 0 aliphatic heterocycles. The van der Waals surface area contributed by atoms with Crippen LogP contribution >= 0.6 is 15.9 Å². The molecule has 19 heavy (non-hydrogen) atoms. The summed E-state index contributed by atoms with van der Waals surface area (Å²) >= 11 is 3.46. The summed E-state index contributed by atoms with van der Waals surface area (Å²) in [5.74, 6) is -0.333. The molecule has 0 unspecified atom stereocenters. The van der Waals surface area contributed by atoms with Crippen molar-refractivity contribution in [2.75, 3.05) is 5.32 Å². The van der Waals surface area contributed by atoms with Crippen molar-refractivity contribution >= 4 is 21.6 Å². The van der Waals surface area contributed by atoms with Crippen LogP contribution in [0.2, 0.25) is 0 Å². The highest BCUT2D eigenvalue weighted by Gasteiger charge is 2.04. The fourth-order valence-electron chi connectivity index (χ4n) is 1.72. The zero-order valence-corrected chi connectivity index (χ0v) is 12.0. The van der Waals surface area contributed by atoms with Crippen molar-refractivity contribution in [3.63, 3.8) is 0 Å². The van der Waals surface area contributed by atoms with Crippen molar-refractivity contribution in [2.45, 2.75) is 13.5 Å². The fraction of sp³-hybridized carbons (Fsp3) is 0.133. The van der Waals surface area contributed by atoms with Crippen molar-refractivity contribution < 1.29 is 4.39 Å². The molecule has 0 atom stereocenters. The molecule has 1 N–H and O–H groups in total. The first kappa shape index (κ1) is 13.6. The number of anilines is 1. The third-order valence-electron chi connectivity index (χ3n) is 2.84. The summed E-state index contributed by atoms with van der Waals surface area (Å²) < 4.78 is 14.2. The maximum atomic E-state index is 13.2. The van der Waals surface area contributed by atoms with E-state index in [4.69, 9.17) is 5.26 Å². The van der Waals surface area contributed by atoms with Crippen molar-refractivity contribution in [3.8, 4) is 6.07 Å². The van der Waals surface area contributed by atoms with Gasteiger partial charge >= 0.3 is 0 Å². The van der Waals surface area contributed by atoms with Crippen LogP contribution in [0.15, 0.2) is 40.9 Å². The molecule has 96 valence electrons. The summed E-state index contributed by atoms with van der Waals surface area (Å²) in [6, 6.07) is 12.1. The highest BCUT2D eigenvalue weighted by atomic mass is 79.9. The predicted molar refractivity (Wildman–Crippen MR) is 77.3 cm³/mol. The summed E-state index contributed by atoms with van der Waals surface area (Å²) in [5.41, 5.74) is 3.21. The molecular weight excluding hydrogens is 307 g/mol. The molecule has 0 aliphatic rings. The lowest BCUT2D eigenvalue weighted by Crippen LogP contribution is -2.02. The Kier molecular flexibility index (Phi) is 4.18. The van der Waals surface area contributed by atoms with Gasteiger partial charge in [0.25, 0.3) is 0 Å². The van der Waals surface area contributed by atoms with Crippen LogP contribution in [0.4, 0.5) is 10.1 Å². The van der Waals surface area contributed by atoms with Crippen LogP contribution in [0, 0.1) is 24.1 Å².